The van der Waals surface area contributed by atoms with Crippen molar-refractivity contribution in [2.24, 2.45) is 0 Å². The zero-order valence-corrected chi connectivity index (χ0v) is 11.9. The fourth-order valence-corrected chi connectivity index (χ4v) is 2.27. The summed E-state index contributed by atoms with van der Waals surface area (Å²) in [5.41, 5.74) is 1.53. The third kappa shape index (κ3) is 3.87. The molecule has 0 spiro atoms. The lowest BCUT2D eigenvalue weighted by molar-refractivity contribution is 0.383. The van der Waals surface area contributed by atoms with Crippen molar-refractivity contribution in [3.63, 3.8) is 0 Å². The molecule has 0 bridgehead atoms. The van der Waals surface area contributed by atoms with E-state index in [2.05, 4.69) is 13.2 Å². The molecule has 0 amide bonds. The molecule has 0 aliphatic rings. The molecule has 0 fully saturated rings. The summed E-state index contributed by atoms with van der Waals surface area (Å²) in [4.78, 5) is 0. The molecule has 0 atom stereocenters. The van der Waals surface area contributed by atoms with Gasteiger partial charge in [-0.15, -0.1) is 0 Å². The van der Waals surface area contributed by atoms with Crippen LogP contribution in [0.25, 0.3) is 11.5 Å². The molecular weight excluding hydrogens is 271 g/mol. The highest BCUT2D eigenvalue weighted by molar-refractivity contribution is 7.34. The van der Waals surface area contributed by atoms with Gasteiger partial charge in [-0.05, 0) is 0 Å². The van der Waals surface area contributed by atoms with E-state index in [4.69, 9.17) is 9.05 Å². The van der Waals surface area contributed by atoms with E-state index in [1.54, 1.807) is 0 Å². The van der Waals surface area contributed by atoms with Crippen LogP contribution < -0.4 is 0 Å². The molecule has 0 aromatic heterocycles. The van der Waals surface area contributed by atoms with Gasteiger partial charge >= 0.3 is 8.25 Å². The molecule has 0 unspecified atom stereocenters. The van der Waals surface area contributed by atoms with Gasteiger partial charge in [0.1, 0.15) is 11.5 Å². The SMILES string of the molecule is C=C(O[PH](=O)OC(=C)c1ccccc1)c1ccccc1. The summed E-state index contributed by atoms with van der Waals surface area (Å²) in [6, 6.07) is 18.5. The summed E-state index contributed by atoms with van der Waals surface area (Å²) in [6.45, 7) is 7.48. The number of benzene rings is 2. The Morgan fingerprint density at radius 3 is 1.45 bits per heavy atom. The molecule has 4 heteroatoms. The molecule has 0 saturated carbocycles. The van der Waals surface area contributed by atoms with E-state index >= 15 is 0 Å². The average molecular weight is 286 g/mol. The average Bonchev–Trinajstić information content (AvgIpc) is 2.49. The monoisotopic (exact) mass is 286 g/mol. The van der Waals surface area contributed by atoms with Gasteiger partial charge in [0.25, 0.3) is 0 Å². The highest BCUT2D eigenvalue weighted by Gasteiger charge is 2.08. The van der Waals surface area contributed by atoms with Crippen LogP contribution in [0.1, 0.15) is 11.1 Å². The maximum atomic E-state index is 11.8. The van der Waals surface area contributed by atoms with Crippen LogP contribution in [0.15, 0.2) is 73.8 Å². The fourth-order valence-electron chi connectivity index (χ4n) is 1.59. The van der Waals surface area contributed by atoms with Crippen LogP contribution in [0.2, 0.25) is 0 Å². The van der Waals surface area contributed by atoms with Gasteiger partial charge in [0.05, 0.1) is 0 Å². The second kappa shape index (κ2) is 6.78. The van der Waals surface area contributed by atoms with Crippen molar-refractivity contribution in [1.82, 2.24) is 0 Å². The third-order valence-corrected chi connectivity index (χ3v) is 3.43. The summed E-state index contributed by atoms with van der Waals surface area (Å²) >= 11 is 0. The molecule has 102 valence electrons. The van der Waals surface area contributed by atoms with Gasteiger partial charge in [-0.3, -0.25) is 0 Å². The predicted octanol–water partition coefficient (Wildman–Crippen LogP) is 4.75. The number of hydrogen-bond acceptors (Lipinski definition) is 3. The van der Waals surface area contributed by atoms with Crippen LogP contribution in [-0.2, 0) is 13.6 Å². The molecule has 0 heterocycles. The Bertz CT molecular complexity index is 565. The van der Waals surface area contributed by atoms with Crippen molar-refractivity contribution in [2.45, 2.75) is 0 Å². The highest BCUT2D eigenvalue weighted by atomic mass is 31.1. The molecule has 0 N–H and O–H groups in total. The van der Waals surface area contributed by atoms with Gasteiger partial charge in [-0.2, -0.15) is 0 Å². The Balaban J connectivity index is 1.93. The highest BCUT2D eigenvalue weighted by Crippen LogP contribution is 2.36. The van der Waals surface area contributed by atoms with Gasteiger partial charge < -0.3 is 9.05 Å². The van der Waals surface area contributed by atoms with Gasteiger partial charge in [0.15, 0.2) is 0 Å². The molecule has 0 aliphatic heterocycles. The second-order valence-corrected chi connectivity index (χ2v) is 4.94. The van der Waals surface area contributed by atoms with E-state index in [-0.39, 0.29) is 0 Å². The van der Waals surface area contributed by atoms with Gasteiger partial charge in [-0.1, -0.05) is 73.8 Å². The van der Waals surface area contributed by atoms with E-state index in [0.717, 1.165) is 11.1 Å². The van der Waals surface area contributed by atoms with E-state index in [1.807, 2.05) is 60.7 Å². The van der Waals surface area contributed by atoms with Gasteiger partial charge in [0, 0.05) is 11.1 Å². The van der Waals surface area contributed by atoms with Crippen molar-refractivity contribution in [3.05, 3.63) is 84.9 Å². The van der Waals surface area contributed by atoms with E-state index in [1.165, 1.54) is 0 Å². The largest absolute Gasteiger partial charge is 0.418 e. The van der Waals surface area contributed by atoms with Crippen molar-refractivity contribution in [1.29, 1.82) is 0 Å². The normalized spacial score (nSPS) is 10.1. The first-order valence-electron chi connectivity index (χ1n) is 6.05. The lowest BCUT2D eigenvalue weighted by Gasteiger charge is -2.11. The minimum Gasteiger partial charge on any atom is -0.418 e. The molecule has 2 aromatic rings. The summed E-state index contributed by atoms with van der Waals surface area (Å²) in [5, 5.41) is 0. The van der Waals surface area contributed by atoms with E-state index < -0.39 is 8.25 Å². The Morgan fingerprint density at radius 1 is 0.750 bits per heavy atom. The number of rotatable bonds is 6. The molecule has 20 heavy (non-hydrogen) atoms. The summed E-state index contributed by atoms with van der Waals surface area (Å²) in [5.74, 6) is 0.630. The van der Waals surface area contributed by atoms with Crippen LogP contribution in [-0.4, -0.2) is 0 Å². The smallest absolute Gasteiger partial charge is 0.418 e. The molecule has 2 aromatic carbocycles. The zero-order chi connectivity index (χ0) is 14.4. The Kier molecular flexibility index (Phi) is 4.80. The van der Waals surface area contributed by atoms with E-state index in [9.17, 15) is 4.57 Å². The topological polar surface area (TPSA) is 35.5 Å². The first-order valence-corrected chi connectivity index (χ1v) is 7.27. The Hall–Kier alpha value is -2.25. The summed E-state index contributed by atoms with van der Waals surface area (Å²) < 4.78 is 22.2. The van der Waals surface area contributed by atoms with Crippen LogP contribution in [0, 0.1) is 0 Å². The molecule has 0 saturated heterocycles. The Morgan fingerprint density at radius 2 is 1.10 bits per heavy atom. The number of hydrogen-bond donors (Lipinski definition) is 0. The molecule has 2 rings (SSSR count). The summed E-state index contributed by atoms with van der Waals surface area (Å²) in [6.07, 6.45) is 0. The summed E-state index contributed by atoms with van der Waals surface area (Å²) in [7, 11) is -2.73. The third-order valence-electron chi connectivity index (χ3n) is 2.60. The van der Waals surface area contributed by atoms with Crippen molar-refractivity contribution >= 4 is 19.8 Å². The lowest BCUT2D eigenvalue weighted by atomic mass is 10.2. The standard InChI is InChI=1S/C16H15O3P/c1-13(15-9-5-3-6-10-15)18-20(17)19-14(2)16-11-7-4-8-12-16/h3-12,20H,1-2H2. The fraction of sp³-hybridized carbons (Fsp3) is 0. The predicted molar refractivity (Wildman–Crippen MR) is 82.1 cm³/mol. The molecule has 3 nitrogen and oxygen atoms in total. The second-order valence-electron chi connectivity index (χ2n) is 4.03. The van der Waals surface area contributed by atoms with Crippen molar-refractivity contribution < 1.29 is 13.6 Å². The first kappa shape index (κ1) is 14.2. The molecule has 0 aliphatic carbocycles. The quantitative estimate of drug-likeness (QED) is 0.567. The van der Waals surface area contributed by atoms with Crippen LogP contribution in [0.3, 0.4) is 0 Å². The minimum absolute atomic E-state index is 0.315. The van der Waals surface area contributed by atoms with Crippen LogP contribution in [0.5, 0.6) is 0 Å². The zero-order valence-electron chi connectivity index (χ0n) is 10.9. The van der Waals surface area contributed by atoms with Crippen LogP contribution in [0.4, 0.5) is 0 Å². The van der Waals surface area contributed by atoms with Crippen molar-refractivity contribution in [3.8, 4) is 0 Å². The lowest BCUT2D eigenvalue weighted by Crippen LogP contribution is -1.87. The first-order chi connectivity index (χ1) is 9.66. The maximum absolute atomic E-state index is 11.8. The minimum atomic E-state index is -2.73. The molecular formula is C16H15O3P. The maximum Gasteiger partial charge on any atom is 0.418 e. The van der Waals surface area contributed by atoms with Crippen LogP contribution >= 0.6 is 8.25 Å². The van der Waals surface area contributed by atoms with Crippen molar-refractivity contribution in [2.75, 3.05) is 0 Å². The van der Waals surface area contributed by atoms with E-state index in [0.29, 0.717) is 11.5 Å². The Labute approximate surface area is 119 Å². The molecule has 0 radical (unpaired) electrons. The van der Waals surface area contributed by atoms with Gasteiger partial charge in [-0.25, -0.2) is 4.57 Å². The van der Waals surface area contributed by atoms with Gasteiger partial charge in [0.2, 0.25) is 0 Å².